The van der Waals surface area contributed by atoms with Gasteiger partial charge in [0.25, 0.3) is 5.91 Å². The lowest BCUT2D eigenvalue weighted by Gasteiger charge is -2.19. The van der Waals surface area contributed by atoms with Crippen LogP contribution in [-0.4, -0.2) is 34.5 Å². The zero-order chi connectivity index (χ0) is 24.9. The van der Waals surface area contributed by atoms with Crippen molar-refractivity contribution in [1.29, 1.82) is 0 Å². The molecule has 182 valence electrons. The molecule has 0 fully saturated rings. The molecule has 2 aromatic heterocycles. The summed E-state index contributed by atoms with van der Waals surface area (Å²) >= 11 is 0. The molecule has 1 N–H and O–H groups in total. The first-order chi connectivity index (χ1) is 17.6. The van der Waals surface area contributed by atoms with Gasteiger partial charge in [-0.15, -0.1) is 0 Å². The number of pyridine rings is 1. The summed E-state index contributed by atoms with van der Waals surface area (Å²) in [5, 5.41) is 2.87. The molecule has 4 aromatic rings. The Morgan fingerprint density at radius 3 is 2.83 bits per heavy atom. The van der Waals surface area contributed by atoms with E-state index in [1.807, 2.05) is 41.3 Å². The predicted octanol–water partition coefficient (Wildman–Crippen LogP) is 4.22. The summed E-state index contributed by atoms with van der Waals surface area (Å²) in [4.78, 5) is 28.1. The summed E-state index contributed by atoms with van der Waals surface area (Å²) in [6.07, 6.45) is 5.49. The summed E-state index contributed by atoms with van der Waals surface area (Å²) < 4.78 is 25.0. The first-order valence-corrected chi connectivity index (χ1v) is 11.5. The zero-order valence-corrected chi connectivity index (χ0v) is 19.6. The minimum absolute atomic E-state index is 0.155. The van der Waals surface area contributed by atoms with Gasteiger partial charge in [-0.25, -0.2) is 9.37 Å². The fraction of sp³-hybridized carbons (Fsp3) is 0.185. The molecule has 0 radical (unpaired) electrons. The van der Waals surface area contributed by atoms with Crippen molar-refractivity contribution >= 4 is 17.5 Å². The highest BCUT2D eigenvalue weighted by atomic mass is 19.1. The summed E-state index contributed by atoms with van der Waals surface area (Å²) in [6.45, 7) is 1.08. The number of fused-ring (bicyclic) bond motifs is 1. The van der Waals surface area contributed by atoms with Gasteiger partial charge in [0.15, 0.2) is 0 Å². The summed E-state index contributed by atoms with van der Waals surface area (Å²) in [6, 6.07) is 15.8. The van der Waals surface area contributed by atoms with Gasteiger partial charge in [0, 0.05) is 37.4 Å². The molecule has 0 bridgehead atoms. The van der Waals surface area contributed by atoms with Crippen LogP contribution in [0.2, 0.25) is 0 Å². The van der Waals surface area contributed by atoms with Gasteiger partial charge < -0.3 is 19.7 Å². The van der Waals surface area contributed by atoms with Gasteiger partial charge in [-0.2, -0.15) is 4.98 Å². The number of nitrogens with zero attached hydrogens (tertiary/aromatic N) is 4. The average Bonchev–Trinajstić information content (AvgIpc) is 3.34. The summed E-state index contributed by atoms with van der Waals surface area (Å²) in [7, 11) is 1.60. The van der Waals surface area contributed by atoms with Gasteiger partial charge in [0.05, 0.1) is 7.11 Å². The van der Waals surface area contributed by atoms with Crippen molar-refractivity contribution in [2.24, 2.45) is 0 Å². The fourth-order valence-electron chi connectivity index (χ4n) is 4.03. The number of nitrogens with one attached hydrogen (secondary N) is 1. The molecule has 5 rings (SSSR count). The van der Waals surface area contributed by atoms with Crippen LogP contribution in [0.15, 0.2) is 73.2 Å². The van der Waals surface area contributed by atoms with Gasteiger partial charge in [-0.05, 0) is 59.5 Å². The molecule has 1 amide bonds. The summed E-state index contributed by atoms with van der Waals surface area (Å²) in [5.41, 5.74) is 3.66. The molecule has 1 aliphatic heterocycles. The van der Waals surface area contributed by atoms with Crippen LogP contribution in [0.1, 0.15) is 27.0 Å². The molecular formula is C27H24FN5O3. The Labute approximate surface area is 207 Å². The van der Waals surface area contributed by atoms with E-state index in [4.69, 9.17) is 9.47 Å². The average molecular weight is 486 g/mol. The molecule has 9 heteroatoms. The first kappa shape index (κ1) is 23.2. The SMILES string of the molecule is COc1cccc(COc2nc(N3CCc4cc(F)ccc43)ncc2C(=O)NCc2cccnc2)c1. The highest BCUT2D eigenvalue weighted by molar-refractivity contribution is 5.96. The van der Waals surface area contributed by atoms with E-state index in [2.05, 4.69) is 20.3 Å². The lowest BCUT2D eigenvalue weighted by Crippen LogP contribution is -2.25. The minimum atomic E-state index is -0.366. The van der Waals surface area contributed by atoms with E-state index in [0.717, 1.165) is 22.4 Å². The lowest BCUT2D eigenvalue weighted by molar-refractivity contribution is 0.0945. The van der Waals surface area contributed by atoms with Gasteiger partial charge in [-0.3, -0.25) is 9.78 Å². The zero-order valence-electron chi connectivity index (χ0n) is 19.6. The van der Waals surface area contributed by atoms with E-state index in [9.17, 15) is 9.18 Å². The van der Waals surface area contributed by atoms with Crippen LogP contribution < -0.4 is 19.7 Å². The Bertz CT molecular complexity index is 1380. The van der Waals surface area contributed by atoms with Crippen LogP contribution in [0.25, 0.3) is 0 Å². The highest BCUT2D eigenvalue weighted by Gasteiger charge is 2.25. The van der Waals surface area contributed by atoms with Crippen molar-refractivity contribution in [3.8, 4) is 11.6 Å². The first-order valence-electron chi connectivity index (χ1n) is 11.5. The quantitative estimate of drug-likeness (QED) is 0.400. The summed E-state index contributed by atoms with van der Waals surface area (Å²) in [5.74, 6) is 0.594. The molecule has 1 aliphatic rings. The molecule has 0 unspecified atom stereocenters. The molecule has 0 aliphatic carbocycles. The number of amides is 1. The molecule has 36 heavy (non-hydrogen) atoms. The van der Waals surface area contributed by atoms with Crippen molar-refractivity contribution in [3.05, 3.63) is 101 Å². The fourth-order valence-corrected chi connectivity index (χ4v) is 4.03. The highest BCUT2D eigenvalue weighted by Crippen LogP contribution is 2.34. The Kier molecular flexibility index (Phi) is 6.70. The Morgan fingerprint density at radius 1 is 1.11 bits per heavy atom. The van der Waals surface area contributed by atoms with E-state index in [1.54, 1.807) is 25.6 Å². The van der Waals surface area contributed by atoms with Gasteiger partial charge in [-0.1, -0.05) is 18.2 Å². The van der Waals surface area contributed by atoms with Crippen molar-refractivity contribution < 1.29 is 18.7 Å². The Hall–Kier alpha value is -4.53. The molecule has 0 saturated heterocycles. The van der Waals surface area contributed by atoms with Crippen LogP contribution in [-0.2, 0) is 19.6 Å². The molecule has 0 saturated carbocycles. The number of benzene rings is 2. The van der Waals surface area contributed by atoms with E-state index in [-0.39, 0.29) is 29.8 Å². The smallest absolute Gasteiger partial charge is 0.258 e. The minimum Gasteiger partial charge on any atom is -0.497 e. The van der Waals surface area contributed by atoms with Gasteiger partial charge in [0.1, 0.15) is 23.7 Å². The maximum atomic E-state index is 13.7. The third-order valence-corrected chi connectivity index (χ3v) is 5.85. The number of aromatic nitrogens is 3. The third kappa shape index (κ3) is 5.10. The number of ether oxygens (including phenoxy) is 2. The van der Waals surface area contributed by atoms with Gasteiger partial charge in [0.2, 0.25) is 11.8 Å². The van der Waals surface area contributed by atoms with Crippen LogP contribution in [0.5, 0.6) is 11.6 Å². The van der Waals surface area contributed by atoms with E-state index >= 15 is 0 Å². The van der Waals surface area contributed by atoms with Crippen molar-refractivity contribution in [1.82, 2.24) is 20.3 Å². The van der Waals surface area contributed by atoms with Gasteiger partial charge >= 0.3 is 0 Å². The van der Waals surface area contributed by atoms with E-state index in [1.165, 1.54) is 18.3 Å². The Balaban J connectivity index is 1.42. The molecule has 8 nitrogen and oxygen atoms in total. The second kappa shape index (κ2) is 10.4. The van der Waals surface area contributed by atoms with Crippen LogP contribution in [0.3, 0.4) is 0 Å². The number of rotatable bonds is 8. The standard InChI is InChI=1S/C27H24FN5O3/c1-35-22-6-2-4-18(12-22)17-36-26-23(25(34)30-15-19-5-3-10-29-14-19)16-31-27(32-26)33-11-9-20-13-21(28)7-8-24(20)33/h2-8,10,12-14,16H,9,11,15,17H2,1H3,(H,30,34). The maximum Gasteiger partial charge on any atom is 0.258 e. The number of carbonyl (C=O) groups excluding carboxylic acids is 1. The molecule has 0 spiro atoms. The normalized spacial score (nSPS) is 12.2. The monoisotopic (exact) mass is 485 g/mol. The van der Waals surface area contributed by atoms with Crippen LogP contribution in [0.4, 0.5) is 16.0 Å². The molecule has 0 atom stereocenters. The third-order valence-electron chi connectivity index (χ3n) is 5.85. The Morgan fingerprint density at radius 2 is 2.00 bits per heavy atom. The number of hydrogen-bond donors (Lipinski definition) is 1. The van der Waals surface area contributed by atoms with Crippen molar-refractivity contribution in [3.63, 3.8) is 0 Å². The molecular weight excluding hydrogens is 461 g/mol. The van der Waals surface area contributed by atoms with Crippen LogP contribution in [0, 0.1) is 5.82 Å². The second-order valence-electron chi connectivity index (χ2n) is 8.25. The van der Waals surface area contributed by atoms with E-state index < -0.39 is 0 Å². The van der Waals surface area contributed by atoms with Crippen molar-refractivity contribution in [2.75, 3.05) is 18.6 Å². The number of methoxy groups -OCH3 is 1. The van der Waals surface area contributed by atoms with Crippen molar-refractivity contribution in [2.45, 2.75) is 19.6 Å². The lowest BCUT2D eigenvalue weighted by atomic mass is 10.2. The number of carbonyl (C=O) groups is 1. The predicted molar refractivity (Wildman–Crippen MR) is 132 cm³/mol. The number of hydrogen-bond acceptors (Lipinski definition) is 7. The molecule has 3 heterocycles. The van der Waals surface area contributed by atoms with Crippen LogP contribution >= 0.6 is 0 Å². The second-order valence-corrected chi connectivity index (χ2v) is 8.25. The number of anilines is 2. The molecule has 2 aromatic carbocycles. The number of halogens is 1. The largest absolute Gasteiger partial charge is 0.497 e. The maximum absolute atomic E-state index is 13.7. The van der Waals surface area contributed by atoms with E-state index in [0.29, 0.717) is 31.2 Å². The topological polar surface area (TPSA) is 89.5 Å².